The number of carbonyl (C=O) groups is 1. The van der Waals surface area contributed by atoms with E-state index >= 15 is 0 Å². The molecule has 1 N–H and O–H groups in total. The summed E-state index contributed by atoms with van der Waals surface area (Å²) < 4.78 is 45.1. The third kappa shape index (κ3) is 2.97. The Morgan fingerprint density at radius 1 is 1.40 bits per heavy atom. The average Bonchev–Trinajstić information content (AvgIpc) is 2.96. The number of halogens is 3. The highest BCUT2D eigenvalue weighted by Crippen LogP contribution is 2.33. The van der Waals surface area contributed by atoms with Gasteiger partial charge in [0.1, 0.15) is 16.8 Å². The molecule has 0 atom stereocenters. The third-order valence-electron chi connectivity index (χ3n) is 3.36. The van der Waals surface area contributed by atoms with Gasteiger partial charge in [0.05, 0.1) is 12.8 Å². The summed E-state index contributed by atoms with van der Waals surface area (Å²) >= 11 is 0. The van der Waals surface area contributed by atoms with E-state index in [-0.39, 0.29) is 23.2 Å². The van der Waals surface area contributed by atoms with Crippen molar-refractivity contribution in [3.63, 3.8) is 0 Å². The number of hydrogen-bond acceptors (Lipinski definition) is 5. The minimum atomic E-state index is -4.65. The monoisotopic (exact) mass is 352 g/mol. The molecule has 0 saturated carbocycles. The summed E-state index contributed by atoms with van der Waals surface area (Å²) in [5.74, 6) is -1.31. The predicted octanol–water partition coefficient (Wildman–Crippen LogP) is 2.30. The Hall–Kier alpha value is -3.17. The van der Waals surface area contributed by atoms with E-state index in [1.165, 1.54) is 18.5 Å². The smallest absolute Gasteiger partial charge is 0.420 e. The van der Waals surface area contributed by atoms with Gasteiger partial charge in [-0.25, -0.2) is 9.78 Å². The Morgan fingerprint density at radius 2 is 2.16 bits per heavy atom. The summed E-state index contributed by atoms with van der Waals surface area (Å²) in [5.41, 5.74) is -2.07. The van der Waals surface area contributed by atoms with Crippen molar-refractivity contribution in [2.24, 2.45) is 0 Å². The molecule has 0 aliphatic rings. The largest absolute Gasteiger partial charge is 0.462 e. The van der Waals surface area contributed by atoms with E-state index in [1.807, 2.05) is 0 Å². The number of nitrogens with zero attached hydrogens (tertiary/aromatic N) is 3. The molecule has 0 fully saturated rings. The maximum absolute atomic E-state index is 13.2. The highest BCUT2D eigenvalue weighted by Gasteiger charge is 2.35. The number of rotatable bonds is 3. The van der Waals surface area contributed by atoms with E-state index in [9.17, 15) is 22.8 Å². The first kappa shape index (κ1) is 16.7. The number of ether oxygens (including phenoxy) is 1. The number of hydrogen-bond donors (Lipinski definition) is 1. The zero-order chi connectivity index (χ0) is 18.2. The van der Waals surface area contributed by atoms with Crippen molar-refractivity contribution < 1.29 is 22.7 Å². The SMILES string of the molecule is CCOC(=O)c1cc2cnn(-c3ncccc3C(F)(F)F)c2[nH]c1=O. The minimum Gasteiger partial charge on any atom is -0.462 e. The van der Waals surface area contributed by atoms with Gasteiger partial charge in [0.25, 0.3) is 5.56 Å². The fourth-order valence-corrected chi connectivity index (χ4v) is 2.30. The molecule has 25 heavy (non-hydrogen) atoms. The van der Waals surface area contributed by atoms with Crippen molar-refractivity contribution in [1.82, 2.24) is 19.7 Å². The molecule has 10 heteroatoms. The number of nitrogens with one attached hydrogen (secondary N) is 1. The van der Waals surface area contributed by atoms with Gasteiger partial charge in [-0.1, -0.05) is 0 Å². The Bertz CT molecular complexity index is 1010. The minimum absolute atomic E-state index is 0.0118. The van der Waals surface area contributed by atoms with Crippen molar-refractivity contribution in [2.45, 2.75) is 13.1 Å². The Kier molecular flexibility index (Phi) is 4.03. The summed E-state index contributed by atoms with van der Waals surface area (Å²) in [7, 11) is 0. The number of pyridine rings is 2. The molecule has 0 aliphatic carbocycles. The van der Waals surface area contributed by atoms with Gasteiger partial charge in [0.2, 0.25) is 0 Å². The lowest BCUT2D eigenvalue weighted by atomic mass is 10.2. The third-order valence-corrected chi connectivity index (χ3v) is 3.36. The number of carbonyl (C=O) groups excluding carboxylic acids is 1. The van der Waals surface area contributed by atoms with Gasteiger partial charge < -0.3 is 9.72 Å². The number of aromatic amines is 1. The highest BCUT2D eigenvalue weighted by atomic mass is 19.4. The molecule has 0 aromatic carbocycles. The van der Waals surface area contributed by atoms with Gasteiger partial charge in [-0.05, 0) is 25.1 Å². The topological polar surface area (TPSA) is 89.9 Å². The van der Waals surface area contributed by atoms with Crippen LogP contribution in [0.3, 0.4) is 0 Å². The summed E-state index contributed by atoms with van der Waals surface area (Å²) in [4.78, 5) is 29.9. The lowest BCUT2D eigenvalue weighted by molar-refractivity contribution is -0.137. The van der Waals surface area contributed by atoms with Crippen LogP contribution in [-0.2, 0) is 10.9 Å². The molecule has 0 amide bonds. The van der Waals surface area contributed by atoms with Gasteiger partial charge in [-0.15, -0.1) is 0 Å². The summed E-state index contributed by atoms with van der Waals surface area (Å²) in [6.45, 7) is 1.67. The van der Waals surface area contributed by atoms with Gasteiger partial charge in [-0.3, -0.25) is 4.79 Å². The first-order valence-electron chi connectivity index (χ1n) is 7.13. The fraction of sp³-hybridized carbons (Fsp3) is 0.200. The molecule has 130 valence electrons. The lowest BCUT2D eigenvalue weighted by Crippen LogP contribution is -2.20. The molecule has 0 radical (unpaired) electrons. The molecule has 7 nitrogen and oxygen atoms in total. The van der Waals surface area contributed by atoms with Crippen LogP contribution in [0.25, 0.3) is 16.9 Å². The molecule has 3 heterocycles. The normalized spacial score (nSPS) is 11.7. The molecule has 0 unspecified atom stereocenters. The quantitative estimate of drug-likeness (QED) is 0.731. The van der Waals surface area contributed by atoms with Gasteiger partial charge >= 0.3 is 12.1 Å². The van der Waals surface area contributed by atoms with E-state index in [4.69, 9.17) is 4.74 Å². The van der Waals surface area contributed by atoms with E-state index < -0.39 is 29.1 Å². The zero-order valence-electron chi connectivity index (χ0n) is 12.8. The van der Waals surface area contributed by atoms with Crippen LogP contribution in [0.2, 0.25) is 0 Å². The Morgan fingerprint density at radius 3 is 2.84 bits per heavy atom. The van der Waals surface area contributed by atoms with Gasteiger partial charge in [-0.2, -0.15) is 23.0 Å². The number of esters is 1. The van der Waals surface area contributed by atoms with Crippen molar-refractivity contribution in [1.29, 1.82) is 0 Å². The second-order valence-electron chi connectivity index (χ2n) is 4.97. The number of aromatic nitrogens is 4. The summed E-state index contributed by atoms with van der Waals surface area (Å²) in [6, 6.07) is 3.23. The maximum Gasteiger partial charge on any atom is 0.420 e. The molecule has 0 aliphatic heterocycles. The molecule has 3 aromatic rings. The average molecular weight is 352 g/mol. The van der Waals surface area contributed by atoms with Crippen LogP contribution in [0.5, 0.6) is 0 Å². The van der Waals surface area contributed by atoms with Crippen LogP contribution < -0.4 is 5.56 Å². The molecule has 3 aromatic heterocycles. The molecule has 0 spiro atoms. The van der Waals surface area contributed by atoms with E-state index in [2.05, 4.69) is 15.1 Å². The van der Waals surface area contributed by atoms with Crippen molar-refractivity contribution in [3.05, 3.63) is 52.1 Å². The molecule has 0 bridgehead atoms. The van der Waals surface area contributed by atoms with Crippen LogP contribution in [0.4, 0.5) is 13.2 Å². The second kappa shape index (κ2) is 6.04. The Balaban J connectivity index is 2.20. The van der Waals surface area contributed by atoms with Gasteiger partial charge in [0.15, 0.2) is 5.82 Å². The number of H-pyrrole nitrogens is 1. The van der Waals surface area contributed by atoms with E-state index in [0.29, 0.717) is 0 Å². The predicted molar refractivity (Wildman–Crippen MR) is 80.4 cm³/mol. The Labute approximate surface area is 138 Å². The molecular formula is C15H11F3N4O3. The van der Waals surface area contributed by atoms with Crippen LogP contribution in [0, 0.1) is 0 Å². The van der Waals surface area contributed by atoms with E-state index in [1.54, 1.807) is 6.92 Å². The molecule has 3 rings (SSSR count). The lowest BCUT2D eigenvalue weighted by Gasteiger charge is -2.11. The van der Waals surface area contributed by atoms with Gasteiger partial charge in [0, 0.05) is 11.6 Å². The van der Waals surface area contributed by atoms with E-state index in [0.717, 1.165) is 16.8 Å². The molecular weight excluding hydrogens is 341 g/mol. The first-order valence-corrected chi connectivity index (χ1v) is 7.13. The van der Waals surface area contributed by atoms with Crippen molar-refractivity contribution >= 4 is 17.0 Å². The highest BCUT2D eigenvalue weighted by molar-refractivity contribution is 5.93. The van der Waals surface area contributed by atoms with Crippen LogP contribution in [0.1, 0.15) is 22.8 Å². The van der Waals surface area contributed by atoms with Crippen LogP contribution >= 0.6 is 0 Å². The number of fused-ring (bicyclic) bond motifs is 1. The van der Waals surface area contributed by atoms with Crippen LogP contribution in [-0.4, -0.2) is 32.3 Å². The zero-order valence-corrected chi connectivity index (χ0v) is 12.8. The second-order valence-corrected chi connectivity index (χ2v) is 4.97. The number of alkyl halides is 3. The summed E-state index contributed by atoms with van der Waals surface area (Å²) in [5, 5.41) is 4.12. The maximum atomic E-state index is 13.2. The van der Waals surface area contributed by atoms with Crippen molar-refractivity contribution in [2.75, 3.05) is 6.61 Å². The fourth-order valence-electron chi connectivity index (χ4n) is 2.30. The molecule has 0 saturated heterocycles. The summed E-state index contributed by atoms with van der Waals surface area (Å²) in [6.07, 6.45) is -2.24. The van der Waals surface area contributed by atoms with Crippen LogP contribution in [0.15, 0.2) is 35.4 Å². The standard InChI is InChI=1S/C15H11F3N4O3/c1-2-25-14(24)9-6-8-7-20-22(11(8)21-13(9)23)12-10(15(16,17)18)4-3-5-19-12/h3-7H,2H2,1H3,(H,21,23). The first-order chi connectivity index (χ1) is 11.8. The van der Waals surface area contributed by atoms with Crippen molar-refractivity contribution in [3.8, 4) is 5.82 Å².